The van der Waals surface area contributed by atoms with Crippen molar-refractivity contribution in [2.75, 3.05) is 11.1 Å². The lowest BCUT2D eigenvalue weighted by molar-refractivity contribution is -0.113. The molecule has 3 aromatic rings. The van der Waals surface area contributed by atoms with Crippen molar-refractivity contribution >= 4 is 34.1 Å². The van der Waals surface area contributed by atoms with Gasteiger partial charge in [0, 0.05) is 10.9 Å². The zero-order valence-corrected chi connectivity index (χ0v) is 17.1. The molecule has 0 atom stereocenters. The number of hydrogen-bond donors (Lipinski definition) is 1. The molecule has 0 radical (unpaired) electrons. The van der Waals surface area contributed by atoms with E-state index < -0.39 is 0 Å². The van der Waals surface area contributed by atoms with E-state index in [0.29, 0.717) is 10.4 Å². The molecule has 0 aliphatic heterocycles. The van der Waals surface area contributed by atoms with Crippen LogP contribution in [-0.4, -0.2) is 21.6 Å². The smallest absolute Gasteiger partial charge is 0.256 e. The van der Waals surface area contributed by atoms with Gasteiger partial charge in [0.15, 0.2) is 5.13 Å². The maximum absolute atomic E-state index is 12.2. The second kappa shape index (κ2) is 7.63. The Balaban J connectivity index is 1.66. The van der Waals surface area contributed by atoms with Crippen LogP contribution in [0.4, 0.5) is 5.13 Å². The molecule has 1 amide bonds. The van der Waals surface area contributed by atoms with Crippen molar-refractivity contribution in [1.82, 2.24) is 9.97 Å². The van der Waals surface area contributed by atoms with Crippen LogP contribution >= 0.6 is 23.1 Å². The minimum Gasteiger partial charge on any atom is -0.437 e. The first-order valence-corrected chi connectivity index (χ1v) is 10.1. The fourth-order valence-electron chi connectivity index (χ4n) is 2.82. The van der Waals surface area contributed by atoms with Crippen molar-refractivity contribution in [2.45, 2.75) is 39.8 Å². The molecule has 136 valence electrons. The summed E-state index contributed by atoms with van der Waals surface area (Å²) in [4.78, 5) is 21.0. The molecule has 0 fully saturated rings. The zero-order valence-electron chi connectivity index (χ0n) is 15.5. The first kappa shape index (κ1) is 18.7. The molecule has 0 saturated carbocycles. The Labute approximate surface area is 161 Å². The topological polar surface area (TPSA) is 68.0 Å². The molecule has 2 heterocycles. The van der Waals surface area contributed by atoms with Crippen molar-refractivity contribution in [3.8, 4) is 11.3 Å². The summed E-state index contributed by atoms with van der Waals surface area (Å²) in [5.41, 5.74) is 6.49. The van der Waals surface area contributed by atoms with Crippen LogP contribution in [0.25, 0.3) is 11.3 Å². The summed E-state index contributed by atoms with van der Waals surface area (Å²) in [6, 6.07) is 4.30. The third-order valence-corrected chi connectivity index (χ3v) is 5.61. The molecule has 2 aromatic heterocycles. The number of anilines is 1. The Bertz CT molecular complexity index is 917. The van der Waals surface area contributed by atoms with Gasteiger partial charge in [0.05, 0.1) is 17.1 Å². The number of benzene rings is 1. The summed E-state index contributed by atoms with van der Waals surface area (Å²) >= 11 is 2.71. The van der Waals surface area contributed by atoms with Gasteiger partial charge in [-0.3, -0.25) is 4.79 Å². The van der Waals surface area contributed by atoms with Gasteiger partial charge in [-0.1, -0.05) is 29.5 Å². The zero-order chi connectivity index (χ0) is 18.8. The van der Waals surface area contributed by atoms with Crippen LogP contribution in [0.15, 0.2) is 27.2 Å². The van der Waals surface area contributed by atoms with Crippen LogP contribution in [0.2, 0.25) is 0 Å². The Morgan fingerprint density at radius 3 is 2.46 bits per heavy atom. The highest BCUT2D eigenvalue weighted by molar-refractivity contribution is 7.99. The largest absolute Gasteiger partial charge is 0.437 e. The normalized spacial score (nSPS) is 11.0. The number of nitrogens with one attached hydrogen (secondary N) is 1. The lowest BCUT2D eigenvalue weighted by Gasteiger charge is -2.08. The fraction of sp³-hybridized carbons (Fsp3) is 0.316. The molecular weight excluding hydrogens is 366 g/mol. The van der Waals surface area contributed by atoms with Gasteiger partial charge in [-0.05, 0) is 45.7 Å². The van der Waals surface area contributed by atoms with Crippen LogP contribution in [-0.2, 0) is 4.79 Å². The van der Waals surface area contributed by atoms with Crippen LogP contribution in [0.1, 0.15) is 28.1 Å². The third-order valence-electron chi connectivity index (χ3n) is 4.02. The molecule has 0 aliphatic rings. The number of aryl methyl sites for hydroxylation is 5. The summed E-state index contributed by atoms with van der Waals surface area (Å²) in [5.74, 6) is 0.889. The summed E-state index contributed by atoms with van der Waals surface area (Å²) in [6.07, 6.45) is 0. The summed E-state index contributed by atoms with van der Waals surface area (Å²) in [6.45, 7) is 10.0. The van der Waals surface area contributed by atoms with E-state index in [4.69, 9.17) is 4.42 Å². The second-order valence-corrected chi connectivity index (χ2v) is 8.05. The van der Waals surface area contributed by atoms with Crippen molar-refractivity contribution in [1.29, 1.82) is 0 Å². The van der Waals surface area contributed by atoms with Crippen molar-refractivity contribution in [3.63, 3.8) is 0 Å². The number of oxazole rings is 1. The highest BCUT2D eigenvalue weighted by Crippen LogP contribution is 2.31. The van der Waals surface area contributed by atoms with Crippen LogP contribution in [0.3, 0.4) is 0 Å². The third kappa shape index (κ3) is 4.16. The molecule has 26 heavy (non-hydrogen) atoms. The quantitative estimate of drug-likeness (QED) is 0.619. The van der Waals surface area contributed by atoms with Crippen LogP contribution in [0.5, 0.6) is 0 Å². The predicted octanol–water partition coefficient (Wildman–Crippen LogP) is 5.07. The first-order chi connectivity index (χ1) is 12.3. The Kier molecular flexibility index (Phi) is 5.48. The molecule has 0 unspecified atom stereocenters. The maximum Gasteiger partial charge on any atom is 0.256 e. The molecule has 5 nitrogen and oxygen atoms in total. The first-order valence-electron chi connectivity index (χ1n) is 8.24. The average Bonchev–Trinajstić information content (AvgIpc) is 3.11. The molecule has 0 bridgehead atoms. The van der Waals surface area contributed by atoms with E-state index in [1.165, 1.54) is 39.8 Å². The number of nitrogens with zero attached hydrogens (tertiary/aromatic N) is 2. The van der Waals surface area contributed by atoms with Crippen LogP contribution in [0, 0.1) is 34.6 Å². The second-order valence-electron chi connectivity index (χ2n) is 6.27. The number of hydrogen-bond acceptors (Lipinski definition) is 6. The average molecular weight is 388 g/mol. The summed E-state index contributed by atoms with van der Waals surface area (Å²) in [5, 5.41) is 5.95. The van der Waals surface area contributed by atoms with Gasteiger partial charge in [0.2, 0.25) is 5.91 Å². The van der Waals surface area contributed by atoms with Gasteiger partial charge in [0.1, 0.15) is 5.76 Å². The highest BCUT2D eigenvalue weighted by atomic mass is 32.2. The molecule has 1 N–H and O–H groups in total. The molecular formula is C19H21N3O2S2. The SMILES string of the molecule is Cc1cc(C)c(-c2csc(NC(=O)CSc3nc(C)c(C)o3)n2)c(C)c1. The maximum atomic E-state index is 12.2. The van der Waals surface area contributed by atoms with E-state index in [9.17, 15) is 4.79 Å². The lowest BCUT2D eigenvalue weighted by Crippen LogP contribution is -2.13. The standard InChI is InChI=1S/C19H21N3O2S2/c1-10-6-11(2)17(12(3)7-10)15-8-25-18(21-15)22-16(23)9-26-19-20-13(4)14(5)24-19/h6-8H,9H2,1-5H3,(H,21,22,23). The Hall–Kier alpha value is -2.12. The van der Waals surface area contributed by atoms with E-state index in [-0.39, 0.29) is 11.7 Å². The number of aromatic nitrogens is 2. The van der Waals surface area contributed by atoms with E-state index >= 15 is 0 Å². The fourth-order valence-corrected chi connectivity index (χ4v) is 4.25. The van der Waals surface area contributed by atoms with Gasteiger partial charge in [-0.15, -0.1) is 11.3 Å². The van der Waals surface area contributed by atoms with E-state index in [1.54, 1.807) is 0 Å². The minimum atomic E-state index is -0.123. The highest BCUT2D eigenvalue weighted by Gasteiger charge is 2.14. The molecule has 0 aliphatic carbocycles. The van der Waals surface area contributed by atoms with Gasteiger partial charge >= 0.3 is 0 Å². The lowest BCUT2D eigenvalue weighted by atomic mass is 9.98. The van der Waals surface area contributed by atoms with Crippen LogP contribution < -0.4 is 5.32 Å². The van der Waals surface area contributed by atoms with Gasteiger partial charge in [-0.2, -0.15) is 0 Å². The number of amides is 1. The van der Waals surface area contributed by atoms with Crippen molar-refractivity contribution < 1.29 is 9.21 Å². The predicted molar refractivity (Wildman–Crippen MR) is 107 cm³/mol. The molecule has 0 saturated heterocycles. The van der Waals surface area contributed by atoms with E-state index in [2.05, 4.69) is 48.2 Å². The molecule has 1 aromatic carbocycles. The number of rotatable bonds is 5. The molecule has 3 rings (SSSR count). The number of thioether (sulfide) groups is 1. The number of carbonyl (C=O) groups is 1. The number of thiazole rings is 1. The van der Waals surface area contributed by atoms with Gasteiger partial charge in [0.25, 0.3) is 5.22 Å². The monoisotopic (exact) mass is 387 g/mol. The molecule has 0 spiro atoms. The van der Waals surface area contributed by atoms with E-state index in [0.717, 1.165) is 22.7 Å². The minimum absolute atomic E-state index is 0.123. The Morgan fingerprint density at radius 1 is 1.15 bits per heavy atom. The van der Waals surface area contributed by atoms with E-state index in [1.807, 2.05) is 19.2 Å². The number of carbonyl (C=O) groups excluding carboxylic acids is 1. The van der Waals surface area contributed by atoms with Crippen molar-refractivity contribution in [2.24, 2.45) is 0 Å². The Morgan fingerprint density at radius 2 is 1.85 bits per heavy atom. The van der Waals surface area contributed by atoms with Gasteiger partial charge < -0.3 is 9.73 Å². The van der Waals surface area contributed by atoms with Crippen molar-refractivity contribution in [3.05, 3.63) is 45.7 Å². The summed E-state index contributed by atoms with van der Waals surface area (Å²) in [7, 11) is 0. The summed E-state index contributed by atoms with van der Waals surface area (Å²) < 4.78 is 5.47. The van der Waals surface area contributed by atoms with Gasteiger partial charge in [-0.25, -0.2) is 9.97 Å². The molecule has 7 heteroatoms.